The number of benzene rings is 2. The predicted octanol–water partition coefficient (Wildman–Crippen LogP) is 4.35. The lowest BCUT2D eigenvalue weighted by Crippen LogP contribution is -2.37. The molecule has 2 aromatic rings. The molecule has 0 saturated carbocycles. The summed E-state index contributed by atoms with van der Waals surface area (Å²) in [4.78, 5) is 14.4. The number of fused-ring (bicyclic) bond motifs is 1. The molecule has 0 aromatic heterocycles. The highest BCUT2D eigenvalue weighted by Gasteiger charge is 2.29. The lowest BCUT2D eigenvalue weighted by Gasteiger charge is -2.29. The van der Waals surface area contributed by atoms with Gasteiger partial charge in [-0.25, -0.2) is 0 Å². The SMILES string of the molecule is CCN1C(=O)/C(=C\c2ccc(C(C)(C)C)cc2)Oc2ccc(N)cc21. The van der Waals surface area contributed by atoms with Gasteiger partial charge in [0, 0.05) is 12.2 Å². The third kappa shape index (κ3) is 3.38. The first-order chi connectivity index (χ1) is 11.8. The van der Waals surface area contributed by atoms with Crippen LogP contribution in [0.15, 0.2) is 48.2 Å². The molecule has 0 unspecified atom stereocenters. The molecule has 1 amide bonds. The van der Waals surface area contributed by atoms with E-state index < -0.39 is 0 Å². The molecule has 0 saturated heterocycles. The van der Waals surface area contributed by atoms with Gasteiger partial charge in [-0.05, 0) is 47.7 Å². The van der Waals surface area contributed by atoms with Crippen molar-refractivity contribution in [1.82, 2.24) is 0 Å². The number of carbonyl (C=O) groups is 1. The highest BCUT2D eigenvalue weighted by Crippen LogP contribution is 2.37. The van der Waals surface area contributed by atoms with Crippen LogP contribution in [0.1, 0.15) is 38.8 Å². The van der Waals surface area contributed by atoms with E-state index in [1.807, 2.05) is 19.1 Å². The zero-order chi connectivity index (χ0) is 18.2. The Morgan fingerprint density at radius 1 is 1.12 bits per heavy atom. The fourth-order valence-electron chi connectivity index (χ4n) is 2.87. The van der Waals surface area contributed by atoms with Gasteiger partial charge in [0.05, 0.1) is 5.69 Å². The Labute approximate surface area is 148 Å². The summed E-state index contributed by atoms with van der Waals surface area (Å²) < 4.78 is 5.85. The monoisotopic (exact) mass is 336 g/mol. The summed E-state index contributed by atoms with van der Waals surface area (Å²) in [7, 11) is 0. The highest BCUT2D eigenvalue weighted by molar-refractivity contribution is 6.10. The number of nitrogens with two attached hydrogens (primary N) is 1. The topological polar surface area (TPSA) is 55.6 Å². The highest BCUT2D eigenvalue weighted by atomic mass is 16.5. The molecule has 0 spiro atoms. The summed E-state index contributed by atoms with van der Waals surface area (Å²) in [5.41, 5.74) is 9.45. The first-order valence-corrected chi connectivity index (χ1v) is 8.51. The van der Waals surface area contributed by atoms with E-state index in [4.69, 9.17) is 10.5 Å². The van der Waals surface area contributed by atoms with Crippen molar-refractivity contribution in [2.24, 2.45) is 0 Å². The van der Waals surface area contributed by atoms with Crippen LogP contribution >= 0.6 is 0 Å². The molecule has 1 aliphatic heterocycles. The van der Waals surface area contributed by atoms with Gasteiger partial charge in [-0.2, -0.15) is 0 Å². The maximum Gasteiger partial charge on any atom is 0.294 e. The standard InChI is InChI=1S/C21H24N2O2/c1-5-23-17-13-16(22)10-11-18(17)25-19(20(23)24)12-14-6-8-15(9-7-14)21(2,3)4/h6-13H,5,22H2,1-4H3/b19-12+. The number of rotatable bonds is 2. The van der Waals surface area contributed by atoms with Crippen LogP contribution in [0.3, 0.4) is 0 Å². The lowest BCUT2D eigenvalue weighted by molar-refractivity contribution is -0.117. The number of hydrogen-bond acceptors (Lipinski definition) is 3. The van der Waals surface area contributed by atoms with E-state index in [-0.39, 0.29) is 11.3 Å². The largest absolute Gasteiger partial charge is 0.449 e. The van der Waals surface area contributed by atoms with E-state index in [1.54, 1.807) is 29.2 Å². The number of likely N-dealkylation sites (N-methyl/N-ethyl adjacent to an activating group) is 1. The van der Waals surface area contributed by atoms with Gasteiger partial charge in [-0.1, -0.05) is 45.0 Å². The van der Waals surface area contributed by atoms with Crippen LogP contribution < -0.4 is 15.4 Å². The fourth-order valence-corrected chi connectivity index (χ4v) is 2.87. The summed E-state index contributed by atoms with van der Waals surface area (Å²) in [5, 5.41) is 0. The summed E-state index contributed by atoms with van der Waals surface area (Å²) in [6, 6.07) is 13.6. The maximum absolute atomic E-state index is 12.8. The number of carbonyl (C=O) groups excluding carboxylic acids is 1. The number of ether oxygens (including phenoxy) is 1. The number of nitrogens with zero attached hydrogens (tertiary/aromatic N) is 1. The molecule has 0 bridgehead atoms. The molecule has 1 heterocycles. The third-order valence-electron chi connectivity index (χ3n) is 4.34. The summed E-state index contributed by atoms with van der Waals surface area (Å²) >= 11 is 0. The van der Waals surface area contributed by atoms with Gasteiger partial charge in [0.2, 0.25) is 0 Å². The normalized spacial score (nSPS) is 15.9. The van der Waals surface area contributed by atoms with Crippen molar-refractivity contribution >= 4 is 23.4 Å². The summed E-state index contributed by atoms with van der Waals surface area (Å²) in [5.74, 6) is 0.816. The van der Waals surface area contributed by atoms with Crippen molar-refractivity contribution in [2.45, 2.75) is 33.1 Å². The smallest absolute Gasteiger partial charge is 0.294 e. The van der Waals surface area contributed by atoms with Crippen molar-refractivity contribution in [3.8, 4) is 5.75 Å². The van der Waals surface area contributed by atoms with Crippen LogP contribution in [0.25, 0.3) is 6.08 Å². The molecule has 2 N–H and O–H groups in total. The van der Waals surface area contributed by atoms with Crippen LogP contribution in [-0.2, 0) is 10.2 Å². The quantitative estimate of drug-likeness (QED) is 0.655. The molecule has 2 aromatic carbocycles. The number of hydrogen-bond donors (Lipinski definition) is 1. The molecule has 4 heteroatoms. The fraction of sp³-hybridized carbons (Fsp3) is 0.286. The van der Waals surface area contributed by atoms with Crippen molar-refractivity contribution in [2.75, 3.05) is 17.2 Å². The second kappa shape index (κ2) is 6.28. The first kappa shape index (κ1) is 17.1. The second-order valence-electron chi connectivity index (χ2n) is 7.26. The molecule has 3 rings (SSSR count). The van der Waals surface area contributed by atoms with Gasteiger partial charge >= 0.3 is 0 Å². The van der Waals surface area contributed by atoms with Gasteiger partial charge in [0.1, 0.15) is 0 Å². The van der Waals surface area contributed by atoms with Gasteiger partial charge in [-0.15, -0.1) is 0 Å². The number of nitrogen functional groups attached to an aromatic ring is 1. The van der Waals surface area contributed by atoms with Gasteiger partial charge < -0.3 is 15.4 Å². The van der Waals surface area contributed by atoms with Crippen molar-refractivity contribution < 1.29 is 9.53 Å². The zero-order valence-corrected chi connectivity index (χ0v) is 15.2. The number of amides is 1. The minimum Gasteiger partial charge on any atom is -0.449 e. The molecule has 0 atom stereocenters. The van der Waals surface area contributed by atoms with Gasteiger partial charge in [-0.3, -0.25) is 4.79 Å². The van der Waals surface area contributed by atoms with Gasteiger partial charge in [0.15, 0.2) is 11.5 Å². The van der Waals surface area contributed by atoms with E-state index in [0.717, 1.165) is 5.56 Å². The molecule has 1 aliphatic rings. The molecule has 0 fully saturated rings. The summed E-state index contributed by atoms with van der Waals surface area (Å²) in [6.07, 6.45) is 1.79. The minimum absolute atomic E-state index is 0.0979. The summed E-state index contributed by atoms with van der Waals surface area (Å²) in [6.45, 7) is 9.02. The van der Waals surface area contributed by atoms with E-state index >= 15 is 0 Å². The second-order valence-corrected chi connectivity index (χ2v) is 7.26. The van der Waals surface area contributed by atoms with Gasteiger partial charge in [0.25, 0.3) is 5.91 Å². The Morgan fingerprint density at radius 2 is 1.80 bits per heavy atom. The Hall–Kier alpha value is -2.75. The average Bonchev–Trinajstić information content (AvgIpc) is 2.56. The Bertz CT molecular complexity index is 830. The predicted molar refractivity (Wildman–Crippen MR) is 103 cm³/mol. The van der Waals surface area contributed by atoms with E-state index in [0.29, 0.717) is 29.4 Å². The van der Waals surface area contributed by atoms with Crippen LogP contribution in [0.5, 0.6) is 5.75 Å². The molecule has 0 radical (unpaired) electrons. The Morgan fingerprint density at radius 3 is 2.40 bits per heavy atom. The van der Waals surface area contributed by atoms with E-state index in [2.05, 4.69) is 32.9 Å². The van der Waals surface area contributed by atoms with Crippen LogP contribution in [0.4, 0.5) is 11.4 Å². The van der Waals surface area contributed by atoms with Crippen molar-refractivity contribution in [3.63, 3.8) is 0 Å². The van der Waals surface area contributed by atoms with Crippen molar-refractivity contribution in [1.29, 1.82) is 0 Å². The first-order valence-electron chi connectivity index (χ1n) is 8.51. The lowest BCUT2D eigenvalue weighted by atomic mass is 9.87. The van der Waals surface area contributed by atoms with Crippen molar-refractivity contribution in [3.05, 3.63) is 59.4 Å². The molecular formula is C21H24N2O2. The molecule has 25 heavy (non-hydrogen) atoms. The minimum atomic E-state index is -0.152. The Balaban J connectivity index is 1.96. The average molecular weight is 336 g/mol. The maximum atomic E-state index is 12.8. The Kier molecular flexibility index (Phi) is 4.29. The molecule has 0 aliphatic carbocycles. The molecule has 4 nitrogen and oxygen atoms in total. The number of anilines is 2. The van der Waals surface area contributed by atoms with Crippen LogP contribution in [0.2, 0.25) is 0 Å². The molecular weight excluding hydrogens is 312 g/mol. The van der Waals surface area contributed by atoms with E-state index in [9.17, 15) is 4.79 Å². The van der Waals surface area contributed by atoms with Crippen LogP contribution in [-0.4, -0.2) is 12.5 Å². The third-order valence-corrected chi connectivity index (χ3v) is 4.34. The van der Waals surface area contributed by atoms with Crippen LogP contribution in [0, 0.1) is 0 Å². The van der Waals surface area contributed by atoms with E-state index in [1.165, 1.54) is 5.56 Å². The zero-order valence-electron chi connectivity index (χ0n) is 15.2. The molecule has 130 valence electrons.